The zero-order chi connectivity index (χ0) is 18.1. The minimum atomic E-state index is -0.941. The highest BCUT2D eigenvalue weighted by atomic mass is 16.5. The molecule has 1 aromatic heterocycles. The van der Waals surface area contributed by atoms with E-state index in [1.54, 1.807) is 6.92 Å². The van der Waals surface area contributed by atoms with Crippen molar-refractivity contribution < 1.29 is 19.4 Å². The molecule has 0 aliphatic heterocycles. The fraction of sp³-hybridized carbons (Fsp3) is 0.400. The second kappa shape index (κ2) is 9.79. The molecule has 0 spiro atoms. The molecule has 2 aromatic rings. The van der Waals surface area contributed by atoms with Gasteiger partial charge < -0.3 is 14.6 Å². The van der Waals surface area contributed by atoms with E-state index in [2.05, 4.69) is 18.0 Å². The van der Waals surface area contributed by atoms with Crippen molar-refractivity contribution in [2.45, 2.75) is 39.2 Å². The minimum absolute atomic E-state index is 0.344. The third-order valence-corrected chi connectivity index (χ3v) is 3.91. The number of carbonyl (C=O) groups is 1. The number of carboxylic acid groups (broad SMARTS) is 1. The Balaban J connectivity index is 1.82. The molecule has 1 heterocycles. The van der Waals surface area contributed by atoms with Gasteiger partial charge in [-0.05, 0) is 42.7 Å². The summed E-state index contributed by atoms with van der Waals surface area (Å²) >= 11 is 0. The molecule has 1 aromatic carbocycles. The molecule has 0 fully saturated rings. The smallest absolute Gasteiger partial charge is 0.333 e. The van der Waals surface area contributed by atoms with E-state index in [-0.39, 0.29) is 0 Å². The number of rotatable bonds is 10. The van der Waals surface area contributed by atoms with E-state index in [1.165, 1.54) is 5.56 Å². The Morgan fingerprint density at radius 1 is 1.12 bits per heavy atom. The Bertz CT molecular complexity index is 652. The van der Waals surface area contributed by atoms with Gasteiger partial charge in [-0.2, -0.15) is 0 Å². The van der Waals surface area contributed by atoms with Gasteiger partial charge in [0.1, 0.15) is 5.75 Å². The summed E-state index contributed by atoms with van der Waals surface area (Å²) in [5.74, 6) is -0.180. The van der Waals surface area contributed by atoms with E-state index < -0.39 is 12.1 Å². The highest BCUT2D eigenvalue weighted by Crippen LogP contribution is 2.15. The zero-order valence-electron chi connectivity index (χ0n) is 14.8. The first-order valence-corrected chi connectivity index (χ1v) is 8.62. The Kier molecular flexibility index (Phi) is 7.41. The normalized spacial score (nSPS) is 11.9. The van der Waals surface area contributed by atoms with Gasteiger partial charge in [-0.25, -0.2) is 4.79 Å². The van der Waals surface area contributed by atoms with Crippen LogP contribution in [0.1, 0.15) is 30.7 Å². The molecule has 0 aliphatic rings. The fourth-order valence-corrected chi connectivity index (χ4v) is 2.44. The summed E-state index contributed by atoms with van der Waals surface area (Å²) in [6.07, 6.45) is 3.17. The summed E-state index contributed by atoms with van der Waals surface area (Å²) in [7, 11) is 0. The molecule has 25 heavy (non-hydrogen) atoms. The van der Waals surface area contributed by atoms with Crippen LogP contribution in [0.2, 0.25) is 0 Å². The van der Waals surface area contributed by atoms with Crippen LogP contribution in [-0.4, -0.2) is 35.4 Å². The number of ether oxygens (including phenoxy) is 2. The molecule has 0 saturated heterocycles. The molecular formula is C20H25NO4. The molecule has 0 bridgehead atoms. The highest BCUT2D eigenvalue weighted by Gasteiger charge is 2.17. The van der Waals surface area contributed by atoms with E-state index in [9.17, 15) is 4.79 Å². The molecule has 5 heteroatoms. The summed E-state index contributed by atoms with van der Waals surface area (Å²) in [5, 5.41) is 9.12. The second-order valence-electron chi connectivity index (χ2n) is 5.74. The zero-order valence-corrected chi connectivity index (χ0v) is 14.8. The van der Waals surface area contributed by atoms with E-state index >= 15 is 0 Å². The maximum Gasteiger partial charge on any atom is 0.333 e. The van der Waals surface area contributed by atoms with Crippen molar-refractivity contribution in [3.05, 3.63) is 59.4 Å². The number of hydrogen-bond donors (Lipinski definition) is 1. The van der Waals surface area contributed by atoms with Crippen molar-refractivity contribution in [1.29, 1.82) is 0 Å². The lowest BCUT2D eigenvalue weighted by molar-refractivity contribution is -0.149. The molecule has 0 saturated carbocycles. The standard InChI is InChI=1S/C20H25NO4/c1-3-15-5-8-17(21-14-15)11-12-25-18-9-6-16(7-10-18)13-19(20(22)23)24-4-2/h5-10,14,19H,3-4,11-13H2,1-2H3,(H,22,23)/t19-/m0/s1. The summed E-state index contributed by atoms with van der Waals surface area (Å²) < 4.78 is 11.0. The Morgan fingerprint density at radius 3 is 2.40 bits per heavy atom. The van der Waals surface area contributed by atoms with Gasteiger partial charge in [-0.15, -0.1) is 0 Å². The predicted octanol–water partition coefficient (Wildman–Crippen LogP) is 3.30. The number of carboxylic acids is 1. The molecule has 0 amide bonds. The molecule has 5 nitrogen and oxygen atoms in total. The quantitative estimate of drug-likeness (QED) is 0.717. The number of benzene rings is 1. The van der Waals surface area contributed by atoms with Crippen molar-refractivity contribution in [3.8, 4) is 5.75 Å². The maximum atomic E-state index is 11.1. The summed E-state index contributed by atoms with van der Waals surface area (Å²) in [6.45, 7) is 4.83. The van der Waals surface area contributed by atoms with Crippen molar-refractivity contribution in [1.82, 2.24) is 4.98 Å². The van der Waals surface area contributed by atoms with E-state index in [0.717, 1.165) is 29.8 Å². The van der Waals surface area contributed by atoms with Crippen molar-refractivity contribution in [2.24, 2.45) is 0 Å². The molecular weight excluding hydrogens is 318 g/mol. The van der Waals surface area contributed by atoms with Crippen LogP contribution in [0.5, 0.6) is 5.75 Å². The van der Waals surface area contributed by atoms with Crippen LogP contribution in [-0.2, 0) is 28.8 Å². The average molecular weight is 343 g/mol. The van der Waals surface area contributed by atoms with Gasteiger partial charge in [0.2, 0.25) is 0 Å². The van der Waals surface area contributed by atoms with E-state index in [0.29, 0.717) is 19.6 Å². The van der Waals surface area contributed by atoms with Gasteiger partial charge >= 0.3 is 5.97 Å². The number of aliphatic carboxylic acids is 1. The predicted molar refractivity (Wildman–Crippen MR) is 96.0 cm³/mol. The van der Waals surface area contributed by atoms with Crippen LogP contribution in [0.3, 0.4) is 0 Å². The van der Waals surface area contributed by atoms with Gasteiger partial charge in [0.15, 0.2) is 6.10 Å². The van der Waals surface area contributed by atoms with Crippen LogP contribution >= 0.6 is 0 Å². The first-order valence-electron chi connectivity index (χ1n) is 8.62. The first kappa shape index (κ1) is 18.9. The van der Waals surface area contributed by atoms with Crippen LogP contribution in [0.25, 0.3) is 0 Å². The van der Waals surface area contributed by atoms with Gasteiger partial charge in [-0.3, -0.25) is 4.98 Å². The van der Waals surface area contributed by atoms with Gasteiger partial charge in [0.05, 0.1) is 6.61 Å². The lowest BCUT2D eigenvalue weighted by Crippen LogP contribution is -2.26. The molecule has 0 unspecified atom stereocenters. The van der Waals surface area contributed by atoms with Crippen molar-refractivity contribution >= 4 is 5.97 Å². The van der Waals surface area contributed by atoms with Gasteiger partial charge in [0, 0.05) is 31.3 Å². The molecule has 134 valence electrons. The van der Waals surface area contributed by atoms with E-state index in [1.807, 2.05) is 36.5 Å². The largest absolute Gasteiger partial charge is 0.493 e. The topological polar surface area (TPSA) is 68.7 Å². The number of hydrogen-bond acceptors (Lipinski definition) is 4. The van der Waals surface area contributed by atoms with Crippen molar-refractivity contribution in [3.63, 3.8) is 0 Å². The van der Waals surface area contributed by atoms with E-state index in [4.69, 9.17) is 14.6 Å². The minimum Gasteiger partial charge on any atom is -0.493 e. The van der Waals surface area contributed by atoms with Gasteiger partial charge in [-0.1, -0.05) is 25.1 Å². The molecule has 1 N–H and O–H groups in total. The lowest BCUT2D eigenvalue weighted by Gasteiger charge is -2.13. The lowest BCUT2D eigenvalue weighted by atomic mass is 10.1. The van der Waals surface area contributed by atoms with Crippen LogP contribution in [0, 0.1) is 0 Å². The summed E-state index contributed by atoms with van der Waals surface area (Å²) in [4.78, 5) is 15.5. The Hall–Kier alpha value is -2.40. The monoisotopic (exact) mass is 343 g/mol. The number of nitrogens with zero attached hydrogens (tertiary/aromatic N) is 1. The molecule has 1 atom stereocenters. The highest BCUT2D eigenvalue weighted by molar-refractivity contribution is 5.72. The molecule has 0 aliphatic carbocycles. The van der Waals surface area contributed by atoms with Crippen LogP contribution < -0.4 is 4.74 Å². The SMILES string of the molecule is CCO[C@@H](Cc1ccc(OCCc2ccc(CC)cn2)cc1)C(=O)O. The third-order valence-electron chi connectivity index (χ3n) is 3.91. The Labute approximate surface area is 148 Å². The summed E-state index contributed by atoms with van der Waals surface area (Å²) in [5.41, 5.74) is 3.15. The average Bonchev–Trinajstić information content (AvgIpc) is 2.63. The number of aryl methyl sites for hydroxylation is 1. The third kappa shape index (κ3) is 6.19. The van der Waals surface area contributed by atoms with Crippen LogP contribution in [0.15, 0.2) is 42.6 Å². The number of aromatic nitrogens is 1. The van der Waals surface area contributed by atoms with Crippen molar-refractivity contribution in [2.75, 3.05) is 13.2 Å². The van der Waals surface area contributed by atoms with Gasteiger partial charge in [0.25, 0.3) is 0 Å². The maximum absolute atomic E-state index is 11.1. The first-order chi connectivity index (χ1) is 12.1. The number of pyridine rings is 1. The molecule has 2 rings (SSSR count). The summed E-state index contributed by atoms with van der Waals surface area (Å²) in [6, 6.07) is 11.6. The fourth-order valence-electron chi connectivity index (χ4n) is 2.44. The second-order valence-corrected chi connectivity index (χ2v) is 5.74. The Morgan fingerprint density at radius 2 is 1.84 bits per heavy atom. The van der Waals surface area contributed by atoms with Crippen LogP contribution in [0.4, 0.5) is 0 Å². The molecule has 0 radical (unpaired) electrons.